The van der Waals surface area contributed by atoms with Gasteiger partial charge in [0.15, 0.2) is 0 Å². The summed E-state index contributed by atoms with van der Waals surface area (Å²) in [5.41, 5.74) is -1.32. The van der Waals surface area contributed by atoms with E-state index in [0.29, 0.717) is 0 Å². The van der Waals surface area contributed by atoms with Crippen LogP contribution in [0, 0.1) is 30.2 Å². The fourth-order valence-electron chi connectivity index (χ4n) is 1.69. The molecule has 21 heavy (non-hydrogen) atoms. The van der Waals surface area contributed by atoms with Crippen molar-refractivity contribution in [3.05, 3.63) is 63.1 Å². The van der Waals surface area contributed by atoms with Crippen LogP contribution in [0.25, 0.3) is 0 Å². The zero-order chi connectivity index (χ0) is 15.7. The summed E-state index contributed by atoms with van der Waals surface area (Å²) in [6.45, 7) is 1.35. The van der Waals surface area contributed by atoms with Gasteiger partial charge in [-0.1, -0.05) is 15.9 Å². The molecular weight excluding hydrogens is 354 g/mol. The maximum Gasteiger partial charge on any atom is 0.261 e. The number of aryl methyl sites for hydroxylation is 1. The summed E-state index contributed by atoms with van der Waals surface area (Å²) >= 11 is 2.87. The number of rotatable bonds is 2. The Bertz CT molecular complexity index is 710. The van der Waals surface area contributed by atoms with Crippen molar-refractivity contribution >= 4 is 27.5 Å². The molecule has 2 aromatic rings. The molecule has 0 aliphatic rings. The smallest absolute Gasteiger partial charge is 0.261 e. The summed E-state index contributed by atoms with van der Waals surface area (Å²) in [6.07, 6.45) is 0. The highest BCUT2D eigenvalue weighted by Gasteiger charge is 2.20. The van der Waals surface area contributed by atoms with Crippen LogP contribution in [-0.4, -0.2) is 5.91 Å². The van der Waals surface area contributed by atoms with Crippen LogP contribution in [0.4, 0.5) is 23.2 Å². The Morgan fingerprint density at radius 3 is 2.10 bits per heavy atom. The number of anilines is 1. The van der Waals surface area contributed by atoms with Gasteiger partial charge in [0.1, 0.15) is 28.8 Å². The number of halogens is 5. The number of hydrogen-bond acceptors (Lipinski definition) is 1. The van der Waals surface area contributed by atoms with Gasteiger partial charge in [-0.3, -0.25) is 4.79 Å². The van der Waals surface area contributed by atoms with Gasteiger partial charge in [-0.2, -0.15) is 0 Å². The van der Waals surface area contributed by atoms with E-state index in [0.717, 1.165) is 24.3 Å². The van der Waals surface area contributed by atoms with Crippen molar-refractivity contribution in [2.24, 2.45) is 0 Å². The monoisotopic (exact) mass is 361 g/mol. The van der Waals surface area contributed by atoms with Gasteiger partial charge >= 0.3 is 0 Å². The minimum Gasteiger partial charge on any atom is -0.319 e. The summed E-state index contributed by atoms with van der Waals surface area (Å²) in [5, 5.41) is 1.95. The molecule has 2 rings (SSSR count). The standard InChI is InChI=1S/C14H8BrF4NO/c1-6-2-9(17)12(5-8(6)16)20-14(21)13-10(18)3-7(15)4-11(13)19/h2-5H,1H3,(H,20,21). The Balaban J connectivity index is 2.37. The molecule has 0 unspecified atom stereocenters. The van der Waals surface area contributed by atoms with Gasteiger partial charge in [0.25, 0.3) is 5.91 Å². The lowest BCUT2D eigenvalue weighted by atomic mass is 10.1. The molecule has 2 nitrogen and oxygen atoms in total. The average molecular weight is 362 g/mol. The summed E-state index contributed by atoms with van der Waals surface area (Å²) in [5.74, 6) is -5.09. The molecule has 0 aliphatic carbocycles. The Hall–Kier alpha value is -1.89. The van der Waals surface area contributed by atoms with Crippen LogP contribution in [0.2, 0.25) is 0 Å². The Morgan fingerprint density at radius 2 is 1.52 bits per heavy atom. The molecule has 0 saturated carbocycles. The molecule has 0 heterocycles. The lowest BCUT2D eigenvalue weighted by Crippen LogP contribution is -2.17. The number of benzene rings is 2. The van der Waals surface area contributed by atoms with Crippen LogP contribution in [0.5, 0.6) is 0 Å². The van der Waals surface area contributed by atoms with Crippen molar-refractivity contribution in [2.75, 3.05) is 5.32 Å². The molecule has 0 aliphatic heterocycles. The fraction of sp³-hybridized carbons (Fsp3) is 0.0714. The summed E-state index contributed by atoms with van der Waals surface area (Å²) in [7, 11) is 0. The van der Waals surface area contributed by atoms with Crippen molar-refractivity contribution in [3.8, 4) is 0 Å². The molecule has 7 heteroatoms. The first-order valence-electron chi connectivity index (χ1n) is 5.71. The third-order valence-corrected chi connectivity index (χ3v) is 3.19. The predicted molar refractivity (Wildman–Crippen MR) is 73.1 cm³/mol. The second-order valence-corrected chi connectivity index (χ2v) is 5.20. The highest BCUT2D eigenvalue weighted by atomic mass is 79.9. The Labute approximate surface area is 125 Å². The van der Waals surface area contributed by atoms with E-state index in [1.165, 1.54) is 6.92 Å². The van der Waals surface area contributed by atoms with Crippen LogP contribution in [0.15, 0.2) is 28.7 Å². The second-order valence-electron chi connectivity index (χ2n) is 4.28. The summed E-state index contributed by atoms with van der Waals surface area (Å²) in [4.78, 5) is 11.8. The highest BCUT2D eigenvalue weighted by Crippen LogP contribution is 2.23. The molecule has 0 fully saturated rings. The first-order chi connectivity index (χ1) is 9.79. The Morgan fingerprint density at radius 1 is 0.952 bits per heavy atom. The highest BCUT2D eigenvalue weighted by molar-refractivity contribution is 9.10. The van der Waals surface area contributed by atoms with E-state index in [1.807, 2.05) is 5.32 Å². The van der Waals surface area contributed by atoms with E-state index in [4.69, 9.17) is 0 Å². The van der Waals surface area contributed by atoms with Crippen molar-refractivity contribution in [1.82, 2.24) is 0 Å². The molecule has 0 saturated heterocycles. The Kier molecular flexibility index (Phi) is 4.32. The van der Waals surface area contributed by atoms with Gasteiger partial charge in [-0.25, -0.2) is 17.6 Å². The number of nitrogens with one attached hydrogen (secondary N) is 1. The van der Waals surface area contributed by atoms with E-state index in [-0.39, 0.29) is 10.0 Å². The third kappa shape index (κ3) is 3.24. The SMILES string of the molecule is Cc1cc(F)c(NC(=O)c2c(F)cc(Br)cc2F)cc1F. The number of carbonyl (C=O) groups is 1. The van der Waals surface area contributed by atoms with E-state index in [9.17, 15) is 22.4 Å². The van der Waals surface area contributed by atoms with Crippen molar-refractivity contribution in [2.45, 2.75) is 6.92 Å². The lowest BCUT2D eigenvalue weighted by Gasteiger charge is -2.09. The maximum atomic E-state index is 13.6. The first-order valence-corrected chi connectivity index (χ1v) is 6.50. The van der Waals surface area contributed by atoms with Crippen LogP contribution in [-0.2, 0) is 0 Å². The molecule has 0 bridgehead atoms. The van der Waals surface area contributed by atoms with Crippen molar-refractivity contribution in [1.29, 1.82) is 0 Å². The molecule has 110 valence electrons. The quantitative estimate of drug-likeness (QED) is 0.780. The number of hydrogen-bond donors (Lipinski definition) is 1. The van der Waals surface area contributed by atoms with Crippen molar-refractivity contribution in [3.63, 3.8) is 0 Å². The van der Waals surface area contributed by atoms with E-state index in [1.54, 1.807) is 0 Å². The predicted octanol–water partition coefficient (Wildman–Crippen LogP) is 4.57. The molecule has 0 spiro atoms. The minimum atomic E-state index is -1.21. The van der Waals surface area contributed by atoms with Gasteiger partial charge in [0.05, 0.1) is 5.69 Å². The summed E-state index contributed by atoms with van der Waals surface area (Å²) < 4.78 is 54.3. The number of carbonyl (C=O) groups excluding carboxylic acids is 1. The molecule has 2 aromatic carbocycles. The van der Waals surface area contributed by atoms with E-state index in [2.05, 4.69) is 15.9 Å². The van der Waals surface area contributed by atoms with E-state index >= 15 is 0 Å². The zero-order valence-electron chi connectivity index (χ0n) is 10.6. The van der Waals surface area contributed by atoms with Gasteiger partial charge in [0, 0.05) is 10.5 Å². The van der Waals surface area contributed by atoms with Gasteiger partial charge < -0.3 is 5.32 Å². The first kappa shape index (κ1) is 15.5. The molecule has 0 radical (unpaired) electrons. The minimum absolute atomic E-state index is 0.0477. The third-order valence-electron chi connectivity index (χ3n) is 2.73. The second kappa shape index (κ2) is 5.85. The number of amides is 1. The van der Waals surface area contributed by atoms with Gasteiger partial charge in [-0.05, 0) is 30.7 Å². The van der Waals surface area contributed by atoms with Crippen LogP contribution >= 0.6 is 15.9 Å². The van der Waals surface area contributed by atoms with Crippen molar-refractivity contribution < 1.29 is 22.4 Å². The van der Waals surface area contributed by atoms with Crippen LogP contribution in [0.1, 0.15) is 15.9 Å². The molecule has 0 aromatic heterocycles. The molecular formula is C14H8BrF4NO. The molecule has 1 N–H and O–H groups in total. The largest absolute Gasteiger partial charge is 0.319 e. The average Bonchev–Trinajstić information content (AvgIpc) is 2.34. The molecule has 1 amide bonds. The van der Waals surface area contributed by atoms with Gasteiger partial charge in [-0.15, -0.1) is 0 Å². The normalized spacial score (nSPS) is 10.6. The van der Waals surface area contributed by atoms with Gasteiger partial charge in [0.2, 0.25) is 0 Å². The molecule has 0 atom stereocenters. The summed E-state index contributed by atoms with van der Waals surface area (Å²) in [6, 6.07) is 3.41. The topological polar surface area (TPSA) is 29.1 Å². The van der Waals surface area contributed by atoms with Crippen LogP contribution in [0.3, 0.4) is 0 Å². The fourth-order valence-corrected chi connectivity index (χ4v) is 2.09. The van der Waals surface area contributed by atoms with Crippen LogP contribution < -0.4 is 5.32 Å². The van der Waals surface area contributed by atoms with E-state index < -0.39 is 40.4 Å². The zero-order valence-corrected chi connectivity index (χ0v) is 12.2. The maximum absolute atomic E-state index is 13.6. The lowest BCUT2D eigenvalue weighted by molar-refractivity contribution is 0.101.